The number of rotatable bonds is 5. The van der Waals surface area contributed by atoms with Crippen LogP contribution in [0.5, 0.6) is 5.75 Å². The van der Waals surface area contributed by atoms with Crippen molar-refractivity contribution in [1.29, 1.82) is 0 Å². The van der Waals surface area contributed by atoms with E-state index in [-0.39, 0.29) is 0 Å². The molecule has 4 nitrogen and oxygen atoms in total. The Morgan fingerprint density at radius 1 is 1.24 bits per heavy atom. The number of thiocarbonyl (C=S) groups is 1. The van der Waals surface area contributed by atoms with Gasteiger partial charge in [0.1, 0.15) is 11.6 Å². The predicted molar refractivity (Wildman–Crippen MR) is 89.6 cm³/mol. The van der Waals surface area contributed by atoms with E-state index in [4.69, 9.17) is 17.0 Å². The molecule has 0 spiro atoms. The number of pyridine rings is 1. The van der Waals surface area contributed by atoms with Gasteiger partial charge < -0.3 is 15.4 Å². The second kappa shape index (κ2) is 7.59. The SMILES string of the molecule is CCOc1ccccc1CNC(=S)Nc1ncccc1C. The maximum Gasteiger partial charge on any atom is 0.172 e. The van der Waals surface area contributed by atoms with E-state index in [1.165, 1.54) is 0 Å². The van der Waals surface area contributed by atoms with Crippen LogP contribution < -0.4 is 15.4 Å². The normalized spacial score (nSPS) is 10.0. The number of aromatic nitrogens is 1. The third-order valence-electron chi connectivity index (χ3n) is 2.95. The van der Waals surface area contributed by atoms with Crippen LogP contribution in [-0.4, -0.2) is 16.7 Å². The van der Waals surface area contributed by atoms with E-state index < -0.39 is 0 Å². The molecule has 0 fully saturated rings. The minimum absolute atomic E-state index is 0.545. The summed E-state index contributed by atoms with van der Waals surface area (Å²) in [5.41, 5.74) is 2.12. The molecule has 1 aromatic heterocycles. The maximum absolute atomic E-state index is 5.59. The molecule has 0 amide bonds. The number of nitrogens with zero attached hydrogens (tertiary/aromatic N) is 1. The number of hydrogen-bond acceptors (Lipinski definition) is 3. The summed E-state index contributed by atoms with van der Waals surface area (Å²) in [5.74, 6) is 1.65. The van der Waals surface area contributed by atoms with Gasteiger partial charge in [-0.3, -0.25) is 0 Å². The minimum atomic E-state index is 0.545. The van der Waals surface area contributed by atoms with Gasteiger partial charge in [0.25, 0.3) is 0 Å². The molecule has 21 heavy (non-hydrogen) atoms. The summed E-state index contributed by atoms with van der Waals surface area (Å²) in [6, 6.07) is 11.8. The van der Waals surface area contributed by atoms with Gasteiger partial charge in [-0.2, -0.15) is 0 Å². The van der Waals surface area contributed by atoms with E-state index in [0.717, 1.165) is 22.7 Å². The topological polar surface area (TPSA) is 46.2 Å². The zero-order valence-corrected chi connectivity index (χ0v) is 13.0. The van der Waals surface area contributed by atoms with E-state index in [1.54, 1.807) is 6.20 Å². The van der Waals surface area contributed by atoms with Crippen LogP contribution in [0, 0.1) is 6.92 Å². The van der Waals surface area contributed by atoms with Crippen LogP contribution in [-0.2, 0) is 6.54 Å². The maximum atomic E-state index is 5.59. The van der Waals surface area contributed by atoms with Gasteiger partial charge in [-0.15, -0.1) is 0 Å². The number of benzene rings is 1. The Hall–Kier alpha value is -2.14. The Kier molecular flexibility index (Phi) is 5.51. The van der Waals surface area contributed by atoms with E-state index in [2.05, 4.69) is 15.6 Å². The van der Waals surface area contributed by atoms with E-state index in [9.17, 15) is 0 Å². The largest absolute Gasteiger partial charge is 0.494 e. The Morgan fingerprint density at radius 3 is 2.81 bits per heavy atom. The molecule has 2 aromatic rings. The molecule has 0 radical (unpaired) electrons. The molecule has 0 atom stereocenters. The summed E-state index contributed by atoms with van der Waals surface area (Å²) in [6.07, 6.45) is 1.74. The zero-order valence-electron chi connectivity index (χ0n) is 12.2. The second-order valence-electron chi connectivity index (χ2n) is 4.52. The van der Waals surface area contributed by atoms with Gasteiger partial charge in [0.2, 0.25) is 0 Å². The third kappa shape index (κ3) is 4.43. The first-order valence-corrected chi connectivity index (χ1v) is 7.28. The summed E-state index contributed by atoms with van der Waals surface area (Å²) in [4.78, 5) is 4.26. The zero-order chi connectivity index (χ0) is 15.1. The first kappa shape index (κ1) is 15.3. The summed E-state index contributed by atoms with van der Waals surface area (Å²) >= 11 is 5.30. The molecule has 110 valence electrons. The quantitative estimate of drug-likeness (QED) is 0.830. The molecule has 0 aliphatic rings. The molecule has 0 bridgehead atoms. The van der Waals surface area contributed by atoms with Crippen molar-refractivity contribution in [3.63, 3.8) is 0 Å². The van der Waals surface area contributed by atoms with Gasteiger partial charge in [-0.05, 0) is 43.8 Å². The number of aryl methyl sites for hydroxylation is 1. The van der Waals surface area contributed by atoms with Crippen LogP contribution in [0.15, 0.2) is 42.6 Å². The van der Waals surface area contributed by atoms with Crippen molar-refractivity contribution in [2.75, 3.05) is 11.9 Å². The smallest absolute Gasteiger partial charge is 0.172 e. The van der Waals surface area contributed by atoms with Crippen LogP contribution in [0.1, 0.15) is 18.1 Å². The van der Waals surface area contributed by atoms with Crippen LogP contribution in [0.2, 0.25) is 0 Å². The van der Waals surface area contributed by atoms with Gasteiger partial charge in [0.15, 0.2) is 5.11 Å². The second-order valence-corrected chi connectivity index (χ2v) is 4.93. The molecule has 0 saturated heterocycles. The minimum Gasteiger partial charge on any atom is -0.494 e. The van der Waals surface area contributed by atoms with Crippen molar-refractivity contribution in [1.82, 2.24) is 10.3 Å². The highest BCUT2D eigenvalue weighted by molar-refractivity contribution is 7.80. The molecular weight excluding hydrogens is 282 g/mol. The van der Waals surface area contributed by atoms with Crippen molar-refractivity contribution in [3.8, 4) is 5.75 Å². The van der Waals surface area contributed by atoms with Gasteiger partial charge in [-0.25, -0.2) is 4.98 Å². The molecular formula is C16H19N3OS. The highest BCUT2D eigenvalue weighted by Gasteiger charge is 2.05. The summed E-state index contributed by atoms with van der Waals surface area (Å²) in [7, 11) is 0. The molecule has 0 aliphatic heterocycles. The number of anilines is 1. The van der Waals surface area contributed by atoms with E-state index in [1.807, 2.05) is 50.2 Å². The number of hydrogen-bond donors (Lipinski definition) is 2. The van der Waals surface area contributed by atoms with Gasteiger partial charge in [0.05, 0.1) is 6.61 Å². The molecule has 0 saturated carbocycles. The number of nitrogens with one attached hydrogen (secondary N) is 2. The van der Waals surface area contributed by atoms with Crippen LogP contribution in [0.25, 0.3) is 0 Å². The predicted octanol–water partition coefficient (Wildman–Crippen LogP) is 3.28. The lowest BCUT2D eigenvalue weighted by Gasteiger charge is -2.13. The summed E-state index contributed by atoms with van der Waals surface area (Å²) in [6.45, 7) is 5.21. The first-order chi connectivity index (χ1) is 10.2. The fourth-order valence-electron chi connectivity index (χ4n) is 1.89. The average Bonchev–Trinajstić information content (AvgIpc) is 2.49. The molecule has 1 heterocycles. The van der Waals surface area contributed by atoms with Crippen molar-refractivity contribution in [2.45, 2.75) is 20.4 Å². The number of ether oxygens (including phenoxy) is 1. The Morgan fingerprint density at radius 2 is 2.05 bits per heavy atom. The first-order valence-electron chi connectivity index (χ1n) is 6.88. The van der Waals surface area contributed by atoms with Crippen molar-refractivity contribution in [2.24, 2.45) is 0 Å². The number of para-hydroxylation sites is 1. The fourth-order valence-corrected chi connectivity index (χ4v) is 2.06. The van der Waals surface area contributed by atoms with E-state index >= 15 is 0 Å². The van der Waals surface area contributed by atoms with Crippen LogP contribution in [0.3, 0.4) is 0 Å². The van der Waals surface area contributed by atoms with Crippen molar-refractivity contribution < 1.29 is 4.74 Å². The molecule has 2 rings (SSSR count). The highest BCUT2D eigenvalue weighted by atomic mass is 32.1. The summed E-state index contributed by atoms with van der Waals surface area (Å²) in [5, 5.41) is 6.82. The van der Waals surface area contributed by atoms with Crippen LogP contribution in [0.4, 0.5) is 5.82 Å². The lowest BCUT2D eigenvalue weighted by atomic mass is 10.2. The van der Waals surface area contributed by atoms with Gasteiger partial charge in [0, 0.05) is 18.3 Å². The molecule has 2 N–H and O–H groups in total. The average molecular weight is 301 g/mol. The third-order valence-corrected chi connectivity index (χ3v) is 3.20. The Balaban J connectivity index is 1.94. The Bertz CT molecular complexity index is 616. The molecule has 0 unspecified atom stereocenters. The van der Waals surface area contributed by atoms with Crippen molar-refractivity contribution >= 4 is 23.1 Å². The molecule has 5 heteroatoms. The summed E-state index contributed by atoms with van der Waals surface area (Å²) < 4.78 is 5.59. The van der Waals surface area contributed by atoms with Gasteiger partial charge in [-0.1, -0.05) is 24.3 Å². The molecule has 0 aliphatic carbocycles. The lowest BCUT2D eigenvalue weighted by Crippen LogP contribution is -2.28. The lowest BCUT2D eigenvalue weighted by molar-refractivity contribution is 0.336. The van der Waals surface area contributed by atoms with E-state index in [0.29, 0.717) is 18.3 Å². The van der Waals surface area contributed by atoms with Crippen molar-refractivity contribution in [3.05, 3.63) is 53.7 Å². The van der Waals surface area contributed by atoms with Gasteiger partial charge >= 0.3 is 0 Å². The standard InChI is InChI=1S/C16H19N3OS/c1-3-20-14-9-5-4-8-13(14)11-18-16(21)19-15-12(2)7-6-10-17-15/h4-10H,3,11H2,1-2H3,(H2,17,18,19,21). The molecule has 1 aromatic carbocycles. The van der Waals surface area contributed by atoms with Crippen LogP contribution >= 0.6 is 12.2 Å². The monoisotopic (exact) mass is 301 g/mol. The fraction of sp³-hybridized carbons (Fsp3) is 0.250. The Labute approximate surface area is 130 Å². The highest BCUT2D eigenvalue weighted by Crippen LogP contribution is 2.17.